The predicted molar refractivity (Wildman–Crippen MR) is 53.8 cm³/mol. The van der Waals surface area contributed by atoms with Gasteiger partial charge in [-0.15, -0.1) is 0 Å². The lowest BCUT2D eigenvalue weighted by molar-refractivity contribution is 0.790. The summed E-state index contributed by atoms with van der Waals surface area (Å²) >= 11 is 0. The smallest absolute Gasteiger partial charge is 0.0176 e. The summed E-state index contributed by atoms with van der Waals surface area (Å²) in [6.07, 6.45) is 11.8. The average Bonchev–Trinajstić information content (AvgIpc) is 2.15. The van der Waals surface area contributed by atoms with Gasteiger partial charge in [0.2, 0.25) is 0 Å². The molecule has 1 heteroatoms. The fourth-order valence-electron chi connectivity index (χ4n) is 1.14. The van der Waals surface area contributed by atoms with Gasteiger partial charge in [0.25, 0.3) is 0 Å². The molecule has 1 N–H and O–H groups in total. The molecule has 0 unspecified atom stereocenters. The van der Waals surface area contributed by atoms with Crippen molar-refractivity contribution >= 4 is 0 Å². The SMILES string of the molecule is CC(C)C1=C/C=C/NCCC=C1. The first-order chi connectivity index (χ1) is 5.80. The number of hydrogen-bond acceptors (Lipinski definition) is 1. The van der Waals surface area contributed by atoms with Gasteiger partial charge in [-0.1, -0.05) is 32.1 Å². The third-order valence-electron chi connectivity index (χ3n) is 1.94. The zero-order valence-corrected chi connectivity index (χ0v) is 7.88. The van der Waals surface area contributed by atoms with Crippen LogP contribution in [-0.2, 0) is 0 Å². The van der Waals surface area contributed by atoms with E-state index in [1.165, 1.54) is 5.57 Å². The van der Waals surface area contributed by atoms with Crippen LogP contribution in [-0.4, -0.2) is 6.54 Å². The molecule has 1 heterocycles. The summed E-state index contributed by atoms with van der Waals surface area (Å²) in [5.74, 6) is 0.615. The van der Waals surface area contributed by atoms with Gasteiger partial charge in [-0.05, 0) is 30.2 Å². The predicted octanol–water partition coefficient (Wildman–Crippen LogP) is 2.63. The molecule has 1 aliphatic rings. The van der Waals surface area contributed by atoms with E-state index in [1.807, 2.05) is 6.20 Å². The number of allylic oxidation sites excluding steroid dienone is 4. The normalized spacial score (nSPS) is 20.4. The minimum Gasteiger partial charge on any atom is -0.391 e. The highest BCUT2D eigenvalue weighted by molar-refractivity contribution is 5.25. The second-order valence-corrected chi connectivity index (χ2v) is 3.33. The van der Waals surface area contributed by atoms with Crippen LogP contribution in [0.4, 0.5) is 0 Å². The molecule has 0 aromatic heterocycles. The van der Waals surface area contributed by atoms with Crippen LogP contribution in [0.2, 0.25) is 0 Å². The molecule has 12 heavy (non-hydrogen) atoms. The van der Waals surface area contributed by atoms with Crippen molar-refractivity contribution in [2.45, 2.75) is 20.3 Å². The van der Waals surface area contributed by atoms with Gasteiger partial charge in [-0.2, -0.15) is 0 Å². The van der Waals surface area contributed by atoms with E-state index in [0.29, 0.717) is 5.92 Å². The molecule has 66 valence electrons. The Balaban J connectivity index is 2.71. The fraction of sp³-hybridized carbons (Fsp3) is 0.455. The Hall–Kier alpha value is -0.980. The second kappa shape index (κ2) is 4.81. The number of rotatable bonds is 1. The Labute approximate surface area is 74.9 Å². The molecule has 0 fully saturated rings. The molecular formula is C11H17N. The zero-order valence-electron chi connectivity index (χ0n) is 7.88. The molecule has 0 aliphatic carbocycles. The largest absolute Gasteiger partial charge is 0.391 e. The highest BCUT2D eigenvalue weighted by Gasteiger charge is 1.97. The molecular weight excluding hydrogens is 146 g/mol. The van der Waals surface area contributed by atoms with Gasteiger partial charge in [-0.3, -0.25) is 0 Å². The van der Waals surface area contributed by atoms with Crippen LogP contribution < -0.4 is 5.32 Å². The van der Waals surface area contributed by atoms with Crippen LogP contribution in [0.15, 0.2) is 36.1 Å². The molecule has 0 spiro atoms. The molecule has 1 nitrogen and oxygen atoms in total. The summed E-state index contributed by atoms with van der Waals surface area (Å²) in [6, 6.07) is 0. The van der Waals surface area contributed by atoms with E-state index in [1.54, 1.807) is 0 Å². The van der Waals surface area contributed by atoms with Crippen LogP contribution in [0.3, 0.4) is 0 Å². The molecule has 1 rings (SSSR count). The maximum absolute atomic E-state index is 3.21. The Morgan fingerprint density at radius 3 is 3.00 bits per heavy atom. The zero-order chi connectivity index (χ0) is 8.81. The summed E-state index contributed by atoms with van der Waals surface area (Å²) < 4.78 is 0. The first-order valence-corrected chi connectivity index (χ1v) is 4.57. The summed E-state index contributed by atoms with van der Waals surface area (Å²) in [5.41, 5.74) is 1.40. The summed E-state index contributed by atoms with van der Waals surface area (Å²) in [5, 5.41) is 3.21. The van der Waals surface area contributed by atoms with Crippen molar-refractivity contribution in [3.8, 4) is 0 Å². The third kappa shape index (κ3) is 2.95. The average molecular weight is 163 g/mol. The monoisotopic (exact) mass is 163 g/mol. The minimum absolute atomic E-state index is 0.615. The molecule has 0 amide bonds. The summed E-state index contributed by atoms with van der Waals surface area (Å²) in [7, 11) is 0. The maximum Gasteiger partial charge on any atom is 0.0176 e. The molecule has 0 aromatic rings. The molecule has 0 atom stereocenters. The third-order valence-corrected chi connectivity index (χ3v) is 1.94. The second-order valence-electron chi connectivity index (χ2n) is 3.33. The standard InChI is InChI=1S/C11H17N/c1-10(2)11-6-3-4-8-12-9-5-7-11/h3,5-7,9-10,12H,4,8H2,1-2H3/b6-3?,9-5+,11-7?. The minimum atomic E-state index is 0.615. The van der Waals surface area contributed by atoms with Crippen molar-refractivity contribution in [2.24, 2.45) is 5.92 Å². The van der Waals surface area contributed by atoms with Crippen molar-refractivity contribution in [3.05, 3.63) is 36.1 Å². The summed E-state index contributed by atoms with van der Waals surface area (Å²) in [4.78, 5) is 0. The van der Waals surface area contributed by atoms with E-state index < -0.39 is 0 Å². The highest BCUT2D eigenvalue weighted by atomic mass is 14.8. The maximum atomic E-state index is 3.21. The van der Waals surface area contributed by atoms with Crippen LogP contribution in [0, 0.1) is 5.92 Å². The van der Waals surface area contributed by atoms with Crippen molar-refractivity contribution in [1.82, 2.24) is 5.32 Å². The van der Waals surface area contributed by atoms with Gasteiger partial charge in [0.1, 0.15) is 0 Å². The van der Waals surface area contributed by atoms with E-state index in [-0.39, 0.29) is 0 Å². The Morgan fingerprint density at radius 2 is 2.25 bits per heavy atom. The molecule has 0 saturated heterocycles. The van der Waals surface area contributed by atoms with Gasteiger partial charge in [-0.25, -0.2) is 0 Å². The first-order valence-electron chi connectivity index (χ1n) is 4.57. The Bertz CT molecular complexity index is 209. The first kappa shape index (κ1) is 9.11. The highest BCUT2D eigenvalue weighted by Crippen LogP contribution is 2.11. The lowest BCUT2D eigenvalue weighted by Gasteiger charge is -2.03. The van der Waals surface area contributed by atoms with Crippen molar-refractivity contribution in [3.63, 3.8) is 0 Å². The Kier molecular flexibility index (Phi) is 3.65. The van der Waals surface area contributed by atoms with Crippen LogP contribution in [0.1, 0.15) is 20.3 Å². The number of hydrogen-bond donors (Lipinski definition) is 1. The topological polar surface area (TPSA) is 12.0 Å². The van der Waals surface area contributed by atoms with E-state index in [9.17, 15) is 0 Å². The van der Waals surface area contributed by atoms with Gasteiger partial charge in [0, 0.05) is 6.54 Å². The molecule has 1 aliphatic heterocycles. The van der Waals surface area contributed by atoms with Crippen molar-refractivity contribution < 1.29 is 0 Å². The van der Waals surface area contributed by atoms with Gasteiger partial charge < -0.3 is 5.32 Å². The van der Waals surface area contributed by atoms with Crippen molar-refractivity contribution in [1.29, 1.82) is 0 Å². The fourth-order valence-corrected chi connectivity index (χ4v) is 1.14. The van der Waals surface area contributed by atoms with Gasteiger partial charge >= 0.3 is 0 Å². The lowest BCUT2D eigenvalue weighted by atomic mass is 10.0. The van der Waals surface area contributed by atoms with Crippen LogP contribution >= 0.6 is 0 Å². The quantitative estimate of drug-likeness (QED) is 0.626. The van der Waals surface area contributed by atoms with E-state index in [2.05, 4.69) is 43.5 Å². The van der Waals surface area contributed by atoms with E-state index in [4.69, 9.17) is 0 Å². The number of nitrogens with one attached hydrogen (secondary N) is 1. The molecule has 0 radical (unpaired) electrons. The molecule has 0 saturated carbocycles. The van der Waals surface area contributed by atoms with Crippen molar-refractivity contribution in [2.75, 3.05) is 6.54 Å². The van der Waals surface area contributed by atoms with Crippen LogP contribution in [0.25, 0.3) is 0 Å². The summed E-state index contributed by atoms with van der Waals surface area (Å²) in [6.45, 7) is 5.47. The Morgan fingerprint density at radius 1 is 1.42 bits per heavy atom. The van der Waals surface area contributed by atoms with E-state index >= 15 is 0 Å². The van der Waals surface area contributed by atoms with Crippen LogP contribution in [0.5, 0.6) is 0 Å². The lowest BCUT2D eigenvalue weighted by Crippen LogP contribution is -2.04. The van der Waals surface area contributed by atoms with E-state index in [0.717, 1.165) is 13.0 Å². The molecule has 0 bridgehead atoms. The van der Waals surface area contributed by atoms with Gasteiger partial charge in [0.05, 0.1) is 0 Å². The molecule has 0 aromatic carbocycles. The van der Waals surface area contributed by atoms with Gasteiger partial charge in [0.15, 0.2) is 0 Å².